The van der Waals surface area contributed by atoms with Crippen LogP contribution >= 0.6 is 0 Å². The summed E-state index contributed by atoms with van der Waals surface area (Å²) in [6, 6.07) is 18.6. The number of urea groups is 1. The fraction of sp³-hybridized carbons (Fsp3) is 0.200. The van der Waals surface area contributed by atoms with E-state index in [4.69, 9.17) is 10.5 Å². The van der Waals surface area contributed by atoms with Crippen LogP contribution in [0.3, 0.4) is 0 Å². The van der Waals surface area contributed by atoms with Crippen LogP contribution in [0.25, 0.3) is 11.1 Å². The molecule has 3 N–H and O–H groups in total. The Kier molecular flexibility index (Phi) is 6.55. The van der Waals surface area contributed by atoms with Gasteiger partial charge >= 0.3 is 6.03 Å². The van der Waals surface area contributed by atoms with Crippen molar-refractivity contribution in [1.29, 1.82) is 0 Å². The van der Waals surface area contributed by atoms with Crippen LogP contribution in [0.15, 0.2) is 66.7 Å². The molecule has 170 valence electrons. The highest BCUT2D eigenvalue weighted by Gasteiger charge is 2.24. The molecule has 0 atom stereocenters. The highest BCUT2D eigenvalue weighted by atomic mass is 19.1. The molecule has 0 saturated heterocycles. The van der Waals surface area contributed by atoms with Gasteiger partial charge in [0, 0.05) is 18.7 Å². The van der Waals surface area contributed by atoms with Gasteiger partial charge in [-0.15, -0.1) is 0 Å². The monoisotopic (exact) mass is 449 g/mol. The number of halogens is 1. The number of carbonyl (C=O) groups is 2. The van der Waals surface area contributed by atoms with Gasteiger partial charge in [-0.2, -0.15) is 0 Å². The quantitative estimate of drug-likeness (QED) is 0.423. The Hall–Kier alpha value is -3.91. The van der Waals surface area contributed by atoms with Gasteiger partial charge in [0.15, 0.2) is 0 Å². The molecule has 7 nitrogen and oxygen atoms in total. The summed E-state index contributed by atoms with van der Waals surface area (Å²) in [5, 5.41) is 9.66. The summed E-state index contributed by atoms with van der Waals surface area (Å²) in [4.78, 5) is 25.6. The van der Waals surface area contributed by atoms with E-state index in [1.165, 1.54) is 12.1 Å². The van der Waals surface area contributed by atoms with Gasteiger partial charge in [-0.05, 0) is 59.0 Å². The number of ether oxygens (including phenoxy) is 1. The van der Waals surface area contributed by atoms with Gasteiger partial charge in [0.2, 0.25) is 0 Å². The summed E-state index contributed by atoms with van der Waals surface area (Å²) >= 11 is 0. The maximum Gasteiger partial charge on any atom is 0.338 e. The summed E-state index contributed by atoms with van der Waals surface area (Å²) in [6.07, 6.45) is 0.694. The van der Waals surface area contributed by atoms with Crippen molar-refractivity contribution in [2.75, 3.05) is 19.7 Å². The van der Waals surface area contributed by atoms with Crippen LogP contribution in [0.1, 0.15) is 21.5 Å². The minimum absolute atomic E-state index is 0.0410. The second kappa shape index (κ2) is 9.70. The Labute approximate surface area is 190 Å². The molecular formula is C25H24FN3O4. The fourth-order valence-electron chi connectivity index (χ4n) is 3.78. The molecule has 0 fully saturated rings. The number of rotatable bonds is 7. The Balaban J connectivity index is 1.37. The largest absolute Gasteiger partial charge is 0.492 e. The lowest BCUT2D eigenvalue weighted by Crippen LogP contribution is -2.37. The van der Waals surface area contributed by atoms with Gasteiger partial charge in [0.25, 0.3) is 5.91 Å². The van der Waals surface area contributed by atoms with E-state index in [9.17, 15) is 19.2 Å². The standard InChI is InChI=1S/C25H24FN3O4/c26-21-7-5-19(6-8-21)18-3-1-17(2-4-18)16-28-12-11-20-15-22(9-10-23(20)24(28)30)33-14-13-29(32)25(27)31/h1-10,15,32H,11-14,16H2,(H2,27,31). The number of hydrogen-bond donors (Lipinski definition) is 2. The lowest BCUT2D eigenvalue weighted by molar-refractivity contribution is -0.0464. The molecule has 0 aromatic heterocycles. The smallest absolute Gasteiger partial charge is 0.338 e. The number of amides is 3. The second-order valence-electron chi connectivity index (χ2n) is 7.81. The first kappa shape index (κ1) is 22.3. The SMILES string of the molecule is NC(=O)N(O)CCOc1ccc2c(c1)CCN(Cc1ccc(-c3ccc(F)cc3)cc1)C2=O. The van der Waals surface area contributed by atoms with Crippen LogP contribution in [-0.2, 0) is 13.0 Å². The van der Waals surface area contributed by atoms with Gasteiger partial charge < -0.3 is 15.4 Å². The van der Waals surface area contributed by atoms with Crippen LogP contribution in [0.4, 0.5) is 9.18 Å². The van der Waals surface area contributed by atoms with E-state index in [0.29, 0.717) is 35.9 Å². The van der Waals surface area contributed by atoms with Gasteiger partial charge in [0.05, 0.1) is 6.54 Å². The van der Waals surface area contributed by atoms with Crippen molar-refractivity contribution in [2.24, 2.45) is 5.73 Å². The molecule has 1 aliphatic heterocycles. The van der Waals surface area contributed by atoms with Gasteiger partial charge in [-0.25, -0.2) is 14.2 Å². The van der Waals surface area contributed by atoms with E-state index >= 15 is 0 Å². The zero-order chi connectivity index (χ0) is 23.4. The fourth-order valence-corrected chi connectivity index (χ4v) is 3.78. The summed E-state index contributed by atoms with van der Waals surface area (Å²) in [5.41, 5.74) is 9.43. The highest BCUT2D eigenvalue weighted by molar-refractivity contribution is 5.97. The van der Waals surface area contributed by atoms with Crippen molar-refractivity contribution in [3.63, 3.8) is 0 Å². The molecule has 3 aromatic carbocycles. The first-order valence-electron chi connectivity index (χ1n) is 10.6. The summed E-state index contributed by atoms with van der Waals surface area (Å²) in [6.45, 7) is 1.10. The summed E-state index contributed by atoms with van der Waals surface area (Å²) in [5.74, 6) is 0.253. The minimum Gasteiger partial charge on any atom is -0.492 e. The average molecular weight is 449 g/mol. The summed E-state index contributed by atoms with van der Waals surface area (Å²) in [7, 11) is 0. The number of primary amides is 1. The first-order valence-corrected chi connectivity index (χ1v) is 10.6. The Morgan fingerprint density at radius 1 is 1.06 bits per heavy atom. The van der Waals surface area contributed by atoms with E-state index < -0.39 is 6.03 Å². The van der Waals surface area contributed by atoms with Crippen molar-refractivity contribution < 1.29 is 23.9 Å². The van der Waals surface area contributed by atoms with Crippen molar-refractivity contribution in [1.82, 2.24) is 9.96 Å². The Morgan fingerprint density at radius 3 is 2.39 bits per heavy atom. The third kappa shape index (κ3) is 5.30. The molecule has 0 unspecified atom stereocenters. The molecule has 4 rings (SSSR count). The molecule has 0 aliphatic carbocycles. The molecule has 1 aliphatic rings. The van der Waals surface area contributed by atoms with Crippen LogP contribution in [0.5, 0.6) is 5.75 Å². The van der Waals surface area contributed by atoms with Crippen molar-refractivity contribution >= 4 is 11.9 Å². The third-order valence-corrected chi connectivity index (χ3v) is 5.58. The molecule has 3 aromatic rings. The predicted molar refractivity (Wildman–Crippen MR) is 120 cm³/mol. The number of nitrogens with zero attached hydrogens (tertiary/aromatic N) is 2. The van der Waals surface area contributed by atoms with Crippen LogP contribution < -0.4 is 10.5 Å². The van der Waals surface area contributed by atoms with E-state index in [1.807, 2.05) is 35.2 Å². The highest BCUT2D eigenvalue weighted by Crippen LogP contribution is 2.26. The number of hydrogen-bond acceptors (Lipinski definition) is 4. The third-order valence-electron chi connectivity index (χ3n) is 5.58. The van der Waals surface area contributed by atoms with Gasteiger partial charge in [-0.1, -0.05) is 36.4 Å². The number of nitrogens with two attached hydrogens (primary N) is 1. The molecule has 8 heteroatoms. The number of benzene rings is 3. The van der Waals surface area contributed by atoms with Crippen molar-refractivity contribution in [3.05, 3.63) is 89.2 Å². The molecular weight excluding hydrogens is 425 g/mol. The topological polar surface area (TPSA) is 96.1 Å². The first-order chi connectivity index (χ1) is 15.9. The number of hydroxylamine groups is 2. The zero-order valence-electron chi connectivity index (χ0n) is 17.9. The molecule has 0 saturated carbocycles. The van der Waals surface area contributed by atoms with Gasteiger partial charge in [-0.3, -0.25) is 10.0 Å². The molecule has 0 spiro atoms. The number of fused-ring (bicyclic) bond motifs is 1. The molecule has 3 amide bonds. The van der Waals surface area contributed by atoms with Crippen LogP contribution in [-0.4, -0.2) is 46.8 Å². The van der Waals surface area contributed by atoms with E-state index in [-0.39, 0.29) is 24.9 Å². The molecule has 0 bridgehead atoms. The van der Waals surface area contributed by atoms with Crippen molar-refractivity contribution in [3.8, 4) is 16.9 Å². The lowest BCUT2D eigenvalue weighted by atomic mass is 9.98. The Bertz CT molecular complexity index is 1150. The van der Waals surface area contributed by atoms with Crippen LogP contribution in [0, 0.1) is 5.82 Å². The van der Waals surface area contributed by atoms with Crippen LogP contribution in [0.2, 0.25) is 0 Å². The molecule has 1 heterocycles. The van der Waals surface area contributed by atoms with E-state index in [0.717, 1.165) is 22.3 Å². The predicted octanol–water partition coefficient (Wildman–Crippen LogP) is 3.84. The minimum atomic E-state index is -0.945. The molecule has 0 radical (unpaired) electrons. The Morgan fingerprint density at radius 2 is 1.73 bits per heavy atom. The second-order valence-corrected chi connectivity index (χ2v) is 7.81. The molecule has 33 heavy (non-hydrogen) atoms. The average Bonchev–Trinajstić information content (AvgIpc) is 2.82. The maximum absolute atomic E-state index is 13.1. The van der Waals surface area contributed by atoms with Crippen molar-refractivity contribution in [2.45, 2.75) is 13.0 Å². The van der Waals surface area contributed by atoms with E-state index in [1.54, 1.807) is 24.3 Å². The normalized spacial score (nSPS) is 12.9. The number of carbonyl (C=O) groups excluding carboxylic acids is 2. The zero-order valence-corrected chi connectivity index (χ0v) is 17.9. The maximum atomic E-state index is 13.1. The van der Waals surface area contributed by atoms with E-state index in [2.05, 4.69) is 0 Å². The summed E-state index contributed by atoms with van der Waals surface area (Å²) < 4.78 is 18.7. The van der Waals surface area contributed by atoms with Gasteiger partial charge in [0.1, 0.15) is 18.2 Å². The lowest BCUT2D eigenvalue weighted by Gasteiger charge is -2.29.